The smallest absolute Gasteiger partial charge is 0.305 e. The van der Waals surface area contributed by atoms with Crippen LogP contribution < -0.4 is 10.6 Å². The van der Waals surface area contributed by atoms with Gasteiger partial charge in [-0.3, -0.25) is 4.79 Å². The third kappa shape index (κ3) is 5.91. The fourth-order valence-electron chi connectivity index (χ4n) is 1.18. The van der Waals surface area contributed by atoms with E-state index in [0.717, 1.165) is 5.76 Å². The largest absolute Gasteiger partial charge is 0.469 e. The van der Waals surface area contributed by atoms with Gasteiger partial charge in [-0.2, -0.15) is 0 Å². The minimum atomic E-state index is -0.207. The first-order valence-corrected chi connectivity index (χ1v) is 5.74. The van der Waals surface area contributed by atoms with Crippen molar-refractivity contribution in [2.75, 3.05) is 13.7 Å². The monoisotopic (exact) mass is 256 g/mol. The summed E-state index contributed by atoms with van der Waals surface area (Å²) in [6, 6.07) is 3.69. The molecule has 2 N–H and O–H groups in total. The number of rotatable bonds is 6. The molecule has 1 aromatic rings. The van der Waals surface area contributed by atoms with E-state index in [1.165, 1.54) is 7.11 Å². The SMILES string of the molecule is COC(=O)CCCNC(=S)NCc1ccco1. The van der Waals surface area contributed by atoms with Crippen LogP contribution in [-0.4, -0.2) is 24.7 Å². The average molecular weight is 256 g/mol. The molecule has 0 spiro atoms. The second kappa shape index (κ2) is 7.67. The van der Waals surface area contributed by atoms with Gasteiger partial charge in [0.15, 0.2) is 5.11 Å². The van der Waals surface area contributed by atoms with Crippen molar-refractivity contribution in [3.63, 3.8) is 0 Å². The van der Waals surface area contributed by atoms with Crippen molar-refractivity contribution in [3.8, 4) is 0 Å². The Morgan fingerprint density at radius 2 is 2.35 bits per heavy atom. The molecule has 1 heterocycles. The lowest BCUT2D eigenvalue weighted by atomic mass is 10.3. The molecule has 0 unspecified atom stereocenters. The van der Waals surface area contributed by atoms with Gasteiger partial charge in [-0.1, -0.05) is 0 Å². The van der Waals surface area contributed by atoms with Crippen LogP contribution in [0, 0.1) is 0 Å². The normalized spacial score (nSPS) is 9.71. The molecule has 94 valence electrons. The van der Waals surface area contributed by atoms with Crippen LogP contribution in [0.1, 0.15) is 18.6 Å². The molecule has 0 bridgehead atoms. The Bertz CT molecular complexity index is 352. The third-order valence-corrected chi connectivity index (χ3v) is 2.36. The van der Waals surface area contributed by atoms with Crippen molar-refractivity contribution in [1.29, 1.82) is 0 Å². The molecule has 0 amide bonds. The number of hydrogen-bond donors (Lipinski definition) is 2. The van der Waals surface area contributed by atoms with Gasteiger partial charge in [0.1, 0.15) is 5.76 Å². The summed E-state index contributed by atoms with van der Waals surface area (Å²) < 4.78 is 9.67. The van der Waals surface area contributed by atoms with E-state index < -0.39 is 0 Å². The number of hydrogen-bond acceptors (Lipinski definition) is 4. The van der Waals surface area contributed by atoms with Crippen LogP contribution in [0.25, 0.3) is 0 Å². The third-order valence-electron chi connectivity index (χ3n) is 2.07. The maximum absolute atomic E-state index is 10.8. The van der Waals surface area contributed by atoms with Crippen LogP contribution in [0.15, 0.2) is 22.8 Å². The van der Waals surface area contributed by atoms with Gasteiger partial charge in [-0.15, -0.1) is 0 Å². The van der Waals surface area contributed by atoms with Crippen LogP contribution in [0.2, 0.25) is 0 Å². The van der Waals surface area contributed by atoms with E-state index >= 15 is 0 Å². The van der Waals surface area contributed by atoms with Crippen LogP contribution >= 0.6 is 12.2 Å². The van der Waals surface area contributed by atoms with E-state index in [-0.39, 0.29) is 5.97 Å². The van der Waals surface area contributed by atoms with Crippen LogP contribution in [0.4, 0.5) is 0 Å². The predicted molar refractivity (Wildman–Crippen MR) is 67.4 cm³/mol. The number of thiocarbonyl (C=S) groups is 1. The minimum Gasteiger partial charge on any atom is -0.469 e. The number of furan rings is 1. The number of methoxy groups -OCH3 is 1. The zero-order chi connectivity index (χ0) is 12.5. The molecule has 0 saturated carbocycles. The molecule has 6 heteroatoms. The van der Waals surface area contributed by atoms with Gasteiger partial charge in [0.05, 0.1) is 19.9 Å². The van der Waals surface area contributed by atoms with Crippen molar-refractivity contribution in [2.45, 2.75) is 19.4 Å². The van der Waals surface area contributed by atoms with E-state index in [2.05, 4.69) is 15.4 Å². The maximum atomic E-state index is 10.8. The molecule has 0 radical (unpaired) electrons. The lowest BCUT2D eigenvalue weighted by Gasteiger charge is -2.08. The number of esters is 1. The average Bonchev–Trinajstić information content (AvgIpc) is 2.84. The fourth-order valence-corrected chi connectivity index (χ4v) is 1.35. The Labute approximate surface area is 106 Å². The molecule has 0 atom stereocenters. The van der Waals surface area contributed by atoms with Gasteiger partial charge in [0.25, 0.3) is 0 Å². The van der Waals surface area contributed by atoms with Gasteiger partial charge in [0.2, 0.25) is 0 Å². The first-order chi connectivity index (χ1) is 8.22. The van der Waals surface area contributed by atoms with Crippen molar-refractivity contribution >= 4 is 23.3 Å². The summed E-state index contributed by atoms with van der Waals surface area (Å²) >= 11 is 5.05. The maximum Gasteiger partial charge on any atom is 0.305 e. The Morgan fingerprint density at radius 1 is 1.53 bits per heavy atom. The predicted octanol–water partition coefficient (Wildman–Crippen LogP) is 1.20. The zero-order valence-electron chi connectivity index (χ0n) is 9.69. The van der Waals surface area contributed by atoms with Gasteiger partial charge in [-0.25, -0.2) is 0 Å². The Morgan fingerprint density at radius 3 is 3.00 bits per heavy atom. The van der Waals surface area contributed by atoms with Crippen molar-refractivity contribution in [2.24, 2.45) is 0 Å². The van der Waals surface area contributed by atoms with E-state index in [4.69, 9.17) is 16.6 Å². The Balaban J connectivity index is 2.03. The van der Waals surface area contributed by atoms with E-state index in [0.29, 0.717) is 31.0 Å². The number of carbonyl (C=O) groups is 1. The molecular formula is C11H16N2O3S. The number of ether oxygens (including phenoxy) is 1. The number of nitrogens with one attached hydrogen (secondary N) is 2. The second-order valence-electron chi connectivity index (χ2n) is 3.37. The molecule has 0 fully saturated rings. The fraction of sp³-hybridized carbons (Fsp3) is 0.455. The summed E-state index contributed by atoms with van der Waals surface area (Å²) in [7, 11) is 1.38. The molecule has 17 heavy (non-hydrogen) atoms. The second-order valence-corrected chi connectivity index (χ2v) is 3.78. The standard InChI is InChI=1S/C11H16N2O3S/c1-15-10(14)5-2-6-12-11(17)13-8-9-4-3-7-16-9/h3-4,7H,2,5-6,8H2,1H3,(H2,12,13,17). The molecule has 1 rings (SSSR count). The zero-order valence-corrected chi connectivity index (χ0v) is 10.5. The molecule has 5 nitrogen and oxygen atoms in total. The van der Waals surface area contributed by atoms with Crippen molar-refractivity contribution < 1.29 is 13.9 Å². The quantitative estimate of drug-likeness (QED) is 0.453. The van der Waals surface area contributed by atoms with Gasteiger partial charge < -0.3 is 19.8 Å². The highest BCUT2D eigenvalue weighted by molar-refractivity contribution is 7.80. The molecular weight excluding hydrogens is 240 g/mol. The highest BCUT2D eigenvalue weighted by atomic mass is 32.1. The molecule has 0 saturated heterocycles. The summed E-state index contributed by atoms with van der Waals surface area (Å²) in [5, 5.41) is 6.54. The van der Waals surface area contributed by atoms with Gasteiger partial charge >= 0.3 is 5.97 Å². The van der Waals surface area contributed by atoms with E-state index in [9.17, 15) is 4.79 Å². The van der Waals surface area contributed by atoms with Crippen molar-refractivity contribution in [1.82, 2.24) is 10.6 Å². The summed E-state index contributed by atoms with van der Waals surface area (Å²) in [5.41, 5.74) is 0. The molecule has 0 aliphatic heterocycles. The van der Waals surface area contributed by atoms with Crippen LogP contribution in [-0.2, 0) is 16.1 Å². The minimum absolute atomic E-state index is 0.207. The van der Waals surface area contributed by atoms with Crippen molar-refractivity contribution in [3.05, 3.63) is 24.2 Å². The first kappa shape index (κ1) is 13.5. The Kier molecular flexibility index (Phi) is 6.09. The highest BCUT2D eigenvalue weighted by Crippen LogP contribution is 1.98. The van der Waals surface area contributed by atoms with Gasteiger partial charge in [-0.05, 0) is 30.8 Å². The Hall–Kier alpha value is -1.56. The molecule has 0 aliphatic carbocycles. The van der Waals surface area contributed by atoms with Crippen LogP contribution in [0.5, 0.6) is 0 Å². The van der Waals surface area contributed by atoms with E-state index in [1.807, 2.05) is 12.1 Å². The molecule has 0 aromatic carbocycles. The summed E-state index contributed by atoms with van der Waals surface area (Å²) in [4.78, 5) is 10.8. The first-order valence-electron chi connectivity index (χ1n) is 5.33. The summed E-state index contributed by atoms with van der Waals surface area (Å²) in [5.74, 6) is 0.616. The molecule has 0 aliphatic rings. The van der Waals surface area contributed by atoms with E-state index in [1.54, 1.807) is 6.26 Å². The highest BCUT2D eigenvalue weighted by Gasteiger charge is 2.01. The summed E-state index contributed by atoms with van der Waals surface area (Å²) in [6.45, 7) is 1.19. The lowest BCUT2D eigenvalue weighted by molar-refractivity contribution is -0.140. The van der Waals surface area contributed by atoms with Gasteiger partial charge in [0, 0.05) is 13.0 Å². The summed E-state index contributed by atoms with van der Waals surface area (Å²) in [6.07, 6.45) is 2.70. The topological polar surface area (TPSA) is 63.5 Å². The van der Waals surface area contributed by atoms with Crippen LogP contribution in [0.3, 0.4) is 0 Å². The number of carbonyl (C=O) groups excluding carboxylic acids is 1. The molecule has 1 aromatic heterocycles. The lowest BCUT2D eigenvalue weighted by Crippen LogP contribution is -2.35.